The van der Waals surface area contributed by atoms with Crippen LogP contribution in [-0.4, -0.2) is 53.4 Å². The lowest BCUT2D eigenvalue weighted by Crippen LogP contribution is -2.54. The molecule has 160 valence electrons. The Labute approximate surface area is 175 Å². The van der Waals surface area contributed by atoms with Gasteiger partial charge in [0.25, 0.3) is 11.8 Å². The first-order chi connectivity index (χ1) is 14.3. The van der Waals surface area contributed by atoms with Crippen molar-refractivity contribution in [2.24, 2.45) is 5.92 Å². The zero-order valence-electron chi connectivity index (χ0n) is 17.3. The number of nitrogens with one attached hydrogen (secondary N) is 1. The van der Waals surface area contributed by atoms with E-state index in [1.165, 1.54) is 0 Å². The maximum absolute atomic E-state index is 12.9. The van der Waals surface area contributed by atoms with E-state index in [0.717, 1.165) is 41.8 Å². The number of carbonyl (C=O) groups is 4. The molecular formula is C22H27N3O5. The number of rotatable bonds is 4. The lowest BCUT2D eigenvalue weighted by molar-refractivity contribution is -0.151. The minimum Gasteiger partial charge on any atom is -0.454 e. The summed E-state index contributed by atoms with van der Waals surface area (Å²) in [6.07, 6.45) is 4.06. The number of carbonyl (C=O) groups excluding carboxylic acids is 4. The van der Waals surface area contributed by atoms with Crippen molar-refractivity contribution >= 4 is 29.5 Å². The van der Waals surface area contributed by atoms with Gasteiger partial charge >= 0.3 is 12.0 Å². The van der Waals surface area contributed by atoms with Gasteiger partial charge in [0, 0.05) is 11.7 Å². The molecule has 2 heterocycles. The number of anilines is 1. The molecule has 3 aliphatic rings. The van der Waals surface area contributed by atoms with E-state index in [2.05, 4.69) is 5.32 Å². The van der Waals surface area contributed by atoms with Crippen LogP contribution in [-0.2, 0) is 25.5 Å². The number of nitrogens with zero attached hydrogens (tertiary/aromatic N) is 2. The summed E-state index contributed by atoms with van der Waals surface area (Å²) in [6.45, 7) is 2.98. The highest BCUT2D eigenvalue weighted by Gasteiger charge is 2.55. The van der Waals surface area contributed by atoms with Crippen LogP contribution in [0.25, 0.3) is 0 Å². The quantitative estimate of drug-likeness (QED) is 0.602. The number of para-hydroxylation sites is 1. The first kappa shape index (κ1) is 20.4. The van der Waals surface area contributed by atoms with Gasteiger partial charge < -0.3 is 15.0 Å². The molecule has 1 aromatic rings. The summed E-state index contributed by atoms with van der Waals surface area (Å²) in [6, 6.07) is 7.05. The van der Waals surface area contributed by atoms with E-state index in [-0.39, 0.29) is 23.8 Å². The van der Waals surface area contributed by atoms with E-state index in [0.29, 0.717) is 6.42 Å². The van der Waals surface area contributed by atoms with Crippen LogP contribution in [0.15, 0.2) is 24.3 Å². The fourth-order valence-corrected chi connectivity index (χ4v) is 4.97. The number of fused-ring (bicyclic) bond motifs is 1. The molecule has 0 radical (unpaired) electrons. The lowest BCUT2D eigenvalue weighted by Gasteiger charge is -2.36. The minimum atomic E-state index is -0.917. The summed E-state index contributed by atoms with van der Waals surface area (Å²) < 4.78 is 5.14. The molecule has 0 aromatic heterocycles. The number of urea groups is 1. The lowest BCUT2D eigenvalue weighted by atomic mass is 9.73. The standard InChI is InChI=1S/C22H27N3O5/c1-14-7-5-6-10-22(14)20(28)24(21(29)23-22)12-19(27)30-13-18(26)25-15(2)11-16-8-3-4-9-17(16)25/h3-4,8-9,14-15H,5-7,10-13H2,1-2H3,(H,23,29)/t14-,15+,22+/m0/s1. The van der Waals surface area contributed by atoms with Crippen molar-refractivity contribution in [2.75, 3.05) is 18.1 Å². The molecule has 1 saturated carbocycles. The van der Waals surface area contributed by atoms with Gasteiger partial charge in [-0.05, 0) is 43.7 Å². The Hall–Kier alpha value is -2.90. The first-order valence-corrected chi connectivity index (χ1v) is 10.5. The van der Waals surface area contributed by atoms with Gasteiger partial charge in [0.2, 0.25) is 0 Å². The average molecular weight is 413 g/mol. The van der Waals surface area contributed by atoms with Gasteiger partial charge in [-0.25, -0.2) is 4.79 Å². The fourth-order valence-electron chi connectivity index (χ4n) is 4.97. The second kappa shape index (κ2) is 7.74. The molecule has 1 N–H and O–H groups in total. The Morgan fingerprint density at radius 1 is 1.20 bits per heavy atom. The van der Waals surface area contributed by atoms with Gasteiger partial charge in [0.15, 0.2) is 6.61 Å². The Kier molecular flexibility index (Phi) is 5.26. The molecular weight excluding hydrogens is 386 g/mol. The third kappa shape index (κ3) is 3.34. The SMILES string of the molecule is C[C@@H]1Cc2ccccc2N1C(=O)COC(=O)CN1C(=O)N[C@@]2(CCCC[C@@H]2C)C1=O. The number of ether oxygens (including phenoxy) is 1. The summed E-state index contributed by atoms with van der Waals surface area (Å²) in [5.41, 5.74) is 0.990. The Balaban J connectivity index is 1.36. The summed E-state index contributed by atoms with van der Waals surface area (Å²) in [5, 5.41) is 2.81. The molecule has 8 nitrogen and oxygen atoms in total. The van der Waals surface area contributed by atoms with Crippen molar-refractivity contribution in [3.8, 4) is 0 Å². The van der Waals surface area contributed by atoms with Crippen LogP contribution < -0.4 is 10.2 Å². The highest BCUT2D eigenvalue weighted by molar-refractivity contribution is 6.09. The van der Waals surface area contributed by atoms with Crippen LogP contribution in [0, 0.1) is 5.92 Å². The average Bonchev–Trinajstić information content (AvgIpc) is 3.17. The van der Waals surface area contributed by atoms with E-state index in [1.807, 2.05) is 38.1 Å². The number of hydrogen-bond acceptors (Lipinski definition) is 5. The molecule has 1 spiro atoms. The monoisotopic (exact) mass is 413 g/mol. The highest BCUT2D eigenvalue weighted by atomic mass is 16.5. The van der Waals surface area contributed by atoms with Gasteiger partial charge in [-0.15, -0.1) is 0 Å². The summed E-state index contributed by atoms with van der Waals surface area (Å²) in [4.78, 5) is 52.8. The fraction of sp³-hybridized carbons (Fsp3) is 0.545. The minimum absolute atomic E-state index is 0.0158. The van der Waals surface area contributed by atoms with Crippen LogP contribution in [0.4, 0.5) is 10.5 Å². The Bertz CT molecular complexity index is 901. The van der Waals surface area contributed by atoms with Gasteiger partial charge in [-0.1, -0.05) is 38.0 Å². The van der Waals surface area contributed by atoms with Gasteiger partial charge in [0.05, 0.1) is 0 Å². The molecule has 1 aliphatic carbocycles. The molecule has 8 heteroatoms. The van der Waals surface area contributed by atoms with Crippen LogP contribution in [0.3, 0.4) is 0 Å². The molecule has 0 unspecified atom stereocenters. The van der Waals surface area contributed by atoms with E-state index in [9.17, 15) is 19.2 Å². The number of hydrogen-bond donors (Lipinski definition) is 1. The van der Waals surface area contributed by atoms with Crippen LogP contribution in [0.5, 0.6) is 0 Å². The smallest absolute Gasteiger partial charge is 0.326 e. The number of esters is 1. The normalized spacial score (nSPS) is 27.9. The largest absolute Gasteiger partial charge is 0.454 e. The van der Waals surface area contributed by atoms with Crippen LogP contribution in [0.2, 0.25) is 0 Å². The second-order valence-electron chi connectivity index (χ2n) is 8.55. The van der Waals surface area contributed by atoms with Crippen LogP contribution in [0.1, 0.15) is 45.1 Å². The van der Waals surface area contributed by atoms with Gasteiger partial charge in [-0.2, -0.15) is 0 Å². The van der Waals surface area contributed by atoms with Crippen molar-refractivity contribution in [1.82, 2.24) is 10.2 Å². The third-order valence-corrected chi connectivity index (χ3v) is 6.62. The van der Waals surface area contributed by atoms with E-state index in [4.69, 9.17) is 4.74 Å². The molecule has 4 amide bonds. The van der Waals surface area contributed by atoms with Gasteiger partial charge in [0.1, 0.15) is 12.1 Å². The Morgan fingerprint density at radius 2 is 1.97 bits per heavy atom. The number of amides is 4. The topological polar surface area (TPSA) is 96.0 Å². The third-order valence-electron chi connectivity index (χ3n) is 6.62. The molecule has 2 aliphatic heterocycles. The van der Waals surface area contributed by atoms with E-state index < -0.39 is 30.7 Å². The molecule has 30 heavy (non-hydrogen) atoms. The maximum atomic E-state index is 12.9. The molecule has 4 rings (SSSR count). The zero-order chi connectivity index (χ0) is 21.5. The zero-order valence-corrected chi connectivity index (χ0v) is 17.3. The van der Waals surface area contributed by atoms with Crippen molar-refractivity contribution in [3.63, 3.8) is 0 Å². The van der Waals surface area contributed by atoms with E-state index in [1.54, 1.807) is 4.90 Å². The second-order valence-corrected chi connectivity index (χ2v) is 8.55. The van der Waals surface area contributed by atoms with Crippen molar-refractivity contribution < 1.29 is 23.9 Å². The first-order valence-electron chi connectivity index (χ1n) is 10.5. The van der Waals surface area contributed by atoms with Crippen molar-refractivity contribution in [1.29, 1.82) is 0 Å². The summed E-state index contributed by atoms with van der Waals surface area (Å²) in [5.74, 6) is -1.45. The molecule has 1 aromatic carbocycles. The van der Waals surface area contributed by atoms with Crippen molar-refractivity contribution in [3.05, 3.63) is 29.8 Å². The van der Waals surface area contributed by atoms with E-state index >= 15 is 0 Å². The van der Waals surface area contributed by atoms with Crippen LogP contribution >= 0.6 is 0 Å². The highest BCUT2D eigenvalue weighted by Crippen LogP contribution is 2.38. The molecule has 2 fully saturated rings. The summed E-state index contributed by atoms with van der Waals surface area (Å²) >= 11 is 0. The predicted octanol–water partition coefficient (Wildman–Crippen LogP) is 2.01. The Morgan fingerprint density at radius 3 is 2.73 bits per heavy atom. The number of benzene rings is 1. The van der Waals surface area contributed by atoms with Crippen molar-refractivity contribution in [2.45, 2.75) is 57.5 Å². The molecule has 3 atom stereocenters. The molecule has 0 bridgehead atoms. The molecule has 1 saturated heterocycles. The number of imide groups is 1. The summed E-state index contributed by atoms with van der Waals surface area (Å²) in [7, 11) is 0. The maximum Gasteiger partial charge on any atom is 0.326 e. The predicted molar refractivity (Wildman–Crippen MR) is 109 cm³/mol. The van der Waals surface area contributed by atoms with Gasteiger partial charge in [-0.3, -0.25) is 19.3 Å².